The minimum absolute atomic E-state index is 0.00730. The number of rotatable bonds is 4. The lowest BCUT2D eigenvalue weighted by atomic mass is 10.1. The fourth-order valence-electron chi connectivity index (χ4n) is 2.40. The summed E-state index contributed by atoms with van der Waals surface area (Å²) in [6.45, 7) is 1.07. The topological polar surface area (TPSA) is 73.6 Å². The quantitative estimate of drug-likeness (QED) is 0.664. The van der Waals surface area contributed by atoms with Gasteiger partial charge in [-0.3, -0.25) is 10.1 Å². The molecule has 3 rings (SSSR count). The maximum Gasteiger partial charge on any atom is 0.416 e. The van der Waals surface area contributed by atoms with E-state index in [2.05, 4.69) is 5.32 Å². The van der Waals surface area contributed by atoms with Crippen molar-refractivity contribution >= 4 is 11.4 Å². The first kappa shape index (κ1) is 16.9. The van der Waals surface area contributed by atoms with Crippen LogP contribution in [0, 0.1) is 10.1 Å². The van der Waals surface area contributed by atoms with Gasteiger partial charge in [-0.2, -0.15) is 13.2 Å². The van der Waals surface area contributed by atoms with Crippen LogP contribution in [0.4, 0.5) is 24.5 Å². The highest BCUT2D eigenvalue weighted by atomic mass is 19.4. The van der Waals surface area contributed by atoms with Crippen LogP contribution in [0.3, 0.4) is 0 Å². The summed E-state index contributed by atoms with van der Waals surface area (Å²) in [6.07, 6.45) is -4.64. The van der Waals surface area contributed by atoms with Crippen molar-refractivity contribution < 1.29 is 27.6 Å². The number of hydrogen-bond donors (Lipinski definition) is 1. The van der Waals surface area contributed by atoms with Crippen LogP contribution < -0.4 is 14.8 Å². The van der Waals surface area contributed by atoms with E-state index < -0.39 is 22.4 Å². The van der Waals surface area contributed by atoms with Crippen LogP contribution in [0.5, 0.6) is 11.5 Å². The summed E-state index contributed by atoms with van der Waals surface area (Å²) in [5.74, 6) is 1.17. The number of nitro groups is 1. The molecule has 1 aliphatic rings. The molecule has 132 valence electrons. The van der Waals surface area contributed by atoms with Gasteiger partial charge in [-0.1, -0.05) is 6.07 Å². The van der Waals surface area contributed by atoms with Crippen molar-refractivity contribution in [2.75, 3.05) is 18.5 Å². The van der Waals surface area contributed by atoms with Crippen LogP contribution >= 0.6 is 0 Å². The third kappa shape index (κ3) is 3.76. The van der Waals surface area contributed by atoms with Gasteiger partial charge in [0.2, 0.25) is 0 Å². The van der Waals surface area contributed by atoms with Crippen molar-refractivity contribution in [3.05, 3.63) is 57.6 Å². The fourth-order valence-corrected chi connectivity index (χ4v) is 2.40. The lowest BCUT2D eigenvalue weighted by Crippen LogP contribution is -2.15. The largest absolute Gasteiger partial charge is 0.486 e. The minimum atomic E-state index is -4.64. The Morgan fingerprint density at radius 2 is 1.80 bits per heavy atom. The normalized spacial score (nSPS) is 13.4. The van der Waals surface area contributed by atoms with E-state index in [1.54, 1.807) is 18.2 Å². The Bertz CT molecular complexity index is 808. The summed E-state index contributed by atoms with van der Waals surface area (Å²) in [6, 6.07) is 7.56. The third-order valence-electron chi connectivity index (χ3n) is 3.61. The van der Waals surface area contributed by atoms with Gasteiger partial charge in [-0.25, -0.2) is 0 Å². The van der Waals surface area contributed by atoms with Crippen molar-refractivity contribution in [1.29, 1.82) is 0 Å². The van der Waals surface area contributed by atoms with Gasteiger partial charge >= 0.3 is 6.18 Å². The second-order valence-electron chi connectivity index (χ2n) is 5.32. The lowest BCUT2D eigenvalue weighted by molar-refractivity contribution is -0.384. The van der Waals surface area contributed by atoms with Crippen LogP contribution in [0.25, 0.3) is 0 Å². The SMILES string of the molecule is O=[N+]([O-])c1cc(C(F)(F)F)ccc1NCc1ccc2c(c1)OCCO2. The Morgan fingerprint density at radius 3 is 2.48 bits per heavy atom. The van der Waals surface area contributed by atoms with E-state index in [0.717, 1.165) is 17.7 Å². The number of nitrogens with zero attached hydrogens (tertiary/aromatic N) is 1. The fraction of sp³-hybridized carbons (Fsp3) is 0.250. The van der Waals surface area contributed by atoms with E-state index in [4.69, 9.17) is 9.47 Å². The van der Waals surface area contributed by atoms with Gasteiger partial charge in [0.1, 0.15) is 18.9 Å². The average Bonchev–Trinajstić information content (AvgIpc) is 2.58. The number of fused-ring (bicyclic) bond motifs is 1. The minimum Gasteiger partial charge on any atom is -0.486 e. The molecule has 0 radical (unpaired) electrons. The van der Waals surface area contributed by atoms with Crippen LogP contribution in [0.2, 0.25) is 0 Å². The summed E-state index contributed by atoms with van der Waals surface area (Å²) < 4.78 is 49.0. The standard InChI is InChI=1S/C16H13F3N2O4/c17-16(18,19)11-2-3-12(13(8-11)21(22)23)20-9-10-1-4-14-15(7-10)25-6-5-24-14/h1-4,7-8,20H,5-6,9H2. The molecule has 1 N–H and O–H groups in total. The second kappa shape index (κ2) is 6.50. The summed E-state index contributed by atoms with van der Waals surface area (Å²) in [5, 5.41) is 13.9. The van der Waals surface area contributed by atoms with E-state index in [-0.39, 0.29) is 12.2 Å². The zero-order valence-corrected chi connectivity index (χ0v) is 12.8. The summed E-state index contributed by atoms with van der Waals surface area (Å²) in [7, 11) is 0. The maximum absolute atomic E-state index is 12.7. The Hall–Kier alpha value is -2.97. The van der Waals surface area contributed by atoms with Gasteiger partial charge in [0.05, 0.1) is 10.5 Å². The van der Waals surface area contributed by atoms with Gasteiger partial charge in [0, 0.05) is 12.6 Å². The number of nitrogens with one attached hydrogen (secondary N) is 1. The Labute approximate surface area is 140 Å². The number of anilines is 1. The van der Waals surface area contributed by atoms with Gasteiger partial charge in [-0.15, -0.1) is 0 Å². The highest BCUT2D eigenvalue weighted by molar-refractivity contribution is 5.63. The number of nitro benzene ring substituents is 1. The number of alkyl halides is 3. The van der Waals surface area contributed by atoms with Crippen molar-refractivity contribution in [2.24, 2.45) is 0 Å². The molecule has 0 unspecified atom stereocenters. The first-order valence-corrected chi connectivity index (χ1v) is 7.32. The Balaban J connectivity index is 1.80. The van der Waals surface area contributed by atoms with Crippen LogP contribution in [-0.4, -0.2) is 18.1 Å². The summed E-state index contributed by atoms with van der Waals surface area (Å²) in [4.78, 5) is 10.2. The van der Waals surface area contributed by atoms with Gasteiger partial charge < -0.3 is 14.8 Å². The predicted octanol–water partition coefficient (Wildman–Crippen LogP) is 4.00. The van der Waals surface area contributed by atoms with E-state index in [1.807, 2.05) is 0 Å². The van der Waals surface area contributed by atoms with E-state index in [1.165, 1.54) is 0 Å². The van der Waals surface area contributed by atoms with E-state index in [0.29, 0.717) is 30.8 Å². The summed E-state index contributed by atoms with van der Waals surface area (Å²) >= 11 is 0. The maximum atomic E-state index is 12.7. The Kier molecular flexibility index (Phi) is 4.39. The monoisotopic (exact) mass is 354 g/mol. The zero-order valence-electron chi connectivity index (χ0n) is 12.8. The molecule has 0 bridgehead atoms. The second-order valence-corrected chi connectivity index (χ2v) is 5.32. The molecule has 0 saturated heterocycles. The number of benzene rings is 2. The molecule has 0 aromatic heterocycles. The molecule has 2 aromatic rings. The van der Waals surface area contributed by atoms with Gasteiger partial charge in [0.25, 0.3) is 5.69 Å². The molecule has 25 heavy (non-hydrogen) atoms. The number of ether oxygens (including phenoxy) is 2. The average molecular weight is 354 g/mol. The van der Waals surface area contributed by atoms with Gasteiger partial charge in [-0.05, 0) is 29.8 Å². The van der Waals surface area contributed by atoms with Crippen LogP contribution in [0.1, 0.15) is 11.1 Å². The van der Waals surface area contributed by atoms with Crippen molar-refractivity contribution in [3.8, 4) is 11.5 Å². The van der Waals surface area contributed by atoms with Crippen molar-refractivity contribution in [2.45, 2.75) is 12.7 Å². The number of halogens is 3. The predicted molar refractivity (Wildman–Crippen MR) is 82.9 cm³/mol. The molecule has 0 amide bonds. The molecule has 0 aliphatic carbocycles. The molecule has 0 atom stereocenters. The molecule has 9 heteroatoms. The molecule has 6 nitrogen and oxygen atoms in total. The van der Waals surface area contributed by atoms with Crippen molar-refractivity contribution in [3.63, 3.8) is 0 Å². The molecular formula is C16H13F3N2O4. The summed E-state index contributed by atoms with van der Waals surface area (Å²) in [5.41, 5.74) is -0.942. The van der Waals surface area contributed by atoms with Crippen LogP contribution in [-0.2, 0) is 12.7 Å². The third-order valence-corrected chi connectivity index (χ3v) is 3.61. The van der Waals surface area contributed by atoms with Crippen molar-refractivity contribution in [1.82, 2.24) is 0 Å². The molecule has 1 heterocycles. The molecule has 0 spiro atoms. The van der Waals surface area contributed by atoms with E-state index in [9.17, 15) is 23.3 Å². The van der Waals surface area contributed by atoms with Crippen LogP contribution in [0.15, 0.2) is 36.4 Å². The van der Waals surface area contributed by atoms with E-state index >= 15 is 0 Å². The van der Waals surface area contributed by atoms with Gasteiger partial charge in [0.15, 0.2) is 11.5 Å². The highest BCUT2D eigenvalue weighted by Gasteiger charge is 2.33. The smallest absolute Gasteiger partial charge is 0.416 e. The molecular weight excluding hydrogens is 341 g/mol. The lowest BCUT2D eigenvalue weighted by Gasteiger charge is -2.19. The number of hydrogen-bond acceptors (Lipinski definition) is 5. The molecule has 0 fully saturated rings. The molecule has 0 saturated carbocycles. The Morgan fingerprint density at radius 1 is 1.08 bits per heavy atom. The first-order valence-electron chi connectivity index (χ1n) is 7.32. The highest BCUT2D eigenvalue weighted by Crippen LogP contribution is 2.35. The zero-order chi connectivity index (χ0) is 18.0. The molecule has 1 aliphatic heterocycles. The molecule has 2 aromatic carbocycles. The first-order chi connectivity index (χ1) is 11.8.